The van der Waals surface area contributed by atoms with Gasteiger partial charge in [-0.25, -0.2) is 0 Å². The number of nitrogens with zero attached hydrogens (tertiary/aromatic N) is 3. The fourth-order valence-corrected chi connectivity index (χ4v) is 2.91. The van der Waals surface area contributed by atoms with E-state index in [0.29, 0.717) is 6.04 Å². The normalized spacial score (nSPS) is 18.3. The zero-order valence-electron chi connectivity index (χ0n) is 11.9. The second-order valence-electron chi connectivity index (χ2n) is 5.34. The Labute approximate surface area is 114 Å². The Morgan fingerprint density at radius 3 is 2.74 bits per heavy atom. The molecule has 1 aliphatic rings. The Balaban J connectivity index is 2.07. The summed E-state index contributed by atoms with van der Waals surface area (Å²) in [6.45, 7) is 2.76. The molecule has 0 aliphatic heterocycles. The summed E-state index contributed by atoms with van der Waals surface area (Å²) in [6, 6.07) is -0.218. The smallest absolute Gasteiger partial charge is 0.244 e. The Bertz CT molecular complexity index is 423. The first kappa shape index (κ1) is 14.1. The van der Waals surface area contributed by atoms with Gasteiger partial charge in [0, 0.05) is 31.4 Å². The van der Waals surface area contributed by atoms with Gasteiger partial charge in [0.2, 0.25) is 5.91 Å². The molecule has 1 heterocycles. The fraction of sp³-hybridized carbons (Fsp3) is 0.714. The summed E-state index contributed by atoms with van der Waals surface area (Å²) in [4.78, 5) is 14.5. The van der Waals surface area contributed by atoms with E-state index in [1.54, 1.807) is 10.9 Å². The number of nitrogens with two attached hydrogens (primary N) is 1. The van der Waals surface area contributed by atoms with Crippen LogP contribution in [0.3, 0.4) is 0 Å². The van der Waals surface area contributed by atoms with E-state index in [1.165, 1.54) is 19.3 Å². The highest BCUT2D eigenvalue weighted by Crippen LogP contribution is 2.24. The number of amides is 1. The monoisotopic (exact) mass is 264 g/mol. The van der Waals surface area contributed by atoms with Crippen LogP contribution in [0, 0.1) is 0 Å². The zero-order chi connectivity index (χ0) is 13.8. The third-order valence-corrected chi connectivity index (χ3v) is 3.99. The van der Waals surface area contributed by atoms with Crippen molar-refractivity contribution in [1.82, 2.24) is 14.7 Å². The van der Waals surface area contributed by atoms with Crippen molar-refractivity contribution in [3.8, 4) is 0 Å². The van der Waals surface area contributed by atoms with E-state index in [1.807, 2.05) is 25.1 Å². The Morgan fingerprint density at radius 2 is 2.21 bits per heavy atom. The molecule has 1 unspecified atom stereocenters. The van der Waals surface area contributed by atoms with Crippen LogP contribution in [0.5, 0.6) is 0 Å². The first-order chi connectivity index (χ1) is 9.13. The van der Waals surface area contributed by atoms with Gasteiger partial charge in [-0.1, -0.05) is 19.3 Å². The zero-order valence-corrected chi connectivity index (χ0v) is 11.9. The molecule has 5 heteroatoms. The molecule has 0 bridgehead atoms. The number of rotatable bonds is 4. The highest BCUT2D eigenvalue weighted by atomic mass is 16.2. The lowest BCUT2D eigenvalue weighted by atomic mass is 9.93. The Kier molecular flexibility index (Phi) is 4.58. The van der Waals surface area contributed by atoms with Crippen LogP contribution >= 0.6 is 0 Å². The second-order valence-corrected chi connectivity index (χ2v) is 5.34. The summed E-state index contributed by atoms with van der Waals surface area (Å²) in [6.07, 6.45) is 9.44. The van der Waals surface area contributed by atoms with Crippen molar-refractivity contribution in [2.45, 2.75) is 51.1 Å². The van der Waals surface area contributed by atoms with Crippen LogP contribution in [0.2, 0.25) is 0 Å². The van der Waals surface area contributed by atoms with E-state index in [-0.39, 0.29) is 5.91 Å². The molecule has 5 nitrogen and oxygen atoms in total. The summed E-state index contributed by atoms with van der Waals surface area (Å²) >= 11 is 0. The van der Waals surface area contributed by atoms with Crippen molar-refractivity contribution in [3.05, 3.63) is 18.0 Å². The van der Waals surface area contributed by atoms with E-state index >= 15 is 0 Å². The van der Waals surface area contributed by atoms with Gasteiger partial charge in [-0.2, -0.15) is 5.10 Å². The van der Waals surface area contributed by atoms with Gasteiger partial charge in [0.25, 0.3) is 0 Å². The maximum Gasteiger partial charge on any atom is 0.244 e. The quantitative estimate of drug-likeness (QED) is 0.898. The number of carbonyl (C=O) groups excluding carboxylic acids is 1. The molecule has 19 heavy (non-hydrogen) atoms. The Hall–Kier alpha value is -1.36. The molecule has 2 N–H and O–H groups in total. The summed E-state index contributed by atoms with van der Waals surface area (Å²) in [7, 11) is 1.83. The lowest BCUT2D eigenvalue weighted by Crippen LogP contribution is -2.45. The van der Waals surface area contributed by atoms with Gasteiger partial charge < -0.3 is 10.6 Å². The van der Waals surface area contributed by atoms with Crippen LogP contribution in [0.15, 0.2) is 12.4 Å². The van der Waals surface area contributed by atoms with Crippen LogP contribution in [0.25, 0.3) is 0 Å². The highest BCUT2D eigenvalue weighted by Gasteiger charge is 2.28. The highest BCUT2D eigenvalue weighted by molar-refractivity contribution is 5.83. The molecular weight excluding hydrogens is 240 g/mol. The van der Waals surface area contributed by atoms with Gasteiger partial charge in [0.05, 0.1) is 6.20 Å². The molecule has 106 valence electrons. The number of carbonyl (C=O) groups is 1. The topological polar surface area (TPSA) is 64.2 Å². The van der Waals surface area contributed by atoms with E-state index in [0.717, 1.165) is 24.9 Å². The van der Waals surface area contributed by atoms with Crippen molar-refractivity contribution >= 4 is 5.91 Å². The van der Waals surface area contributed by atoms with Gasteiger partial charge >= 0.3 is 0 Å². The van der Waals surface area contributed by atoms with Gasteiger partial charge in [-0.3, -0.25) is 9.48 Å². The molecule has 0 spiro atoms. The lowest BCUT2D eigenvalue weighted by molar-refractivity contribution is -0.135. The Morgan fingerprint density at radius 1 is 1.53 bits per heavy atom. The van der Waals surface area contributed by atoms with Crippen molar-refractivity contribution in [1.29, 1.82) is 0 Å². The average molecular weight is 264 g/mol. The average Bonchev–Trinajstić information content (AvgIpc) is 2.86. The van der Waals surface area contributed by atoms with Gasteiger partial charge in [-0.05, 0) is 19.8 Å². The summed E-state index contributed by atoms with van der Waals surface area (Å²) in [5, 5.41) is 4.08. The van der Waals surface area contributed by atoms with E-state index in [4.69, 9.17) is 5.73 Å². The van der Waals surface area contributed by atoms with Crippen LogP contribution in [0.4, 0.5) is 0 Å². The minimum absolute atomic E-state index is 0.0300. The third-order valence-electron chi connectivity index (χ3n) is 3.99. The first-order valence-electron chi connectivity index (χ1n) is 7.18. The largest absolute Gasteiger partial charge is 0.338 e. The fourth-order valence-electron chi connectivity index (χ4n) is 2.91. The summed E-state index contributed by atoms with van der Waals surface area (Å²) in [5.41, 5.74) is 6.88. The number of aromatic nitrogens is 2. The molecule has 1 aliphatic carbocycles. The maximum absolute atomic E-state index is 12.5. The van der Waals surface area contributed by atoms with Crippen LogP contribution in [-0.2, 0) is 11.8 Å². The molecule has 0 radical (unpaired) electrons. The van der Waals surface area contributed by atoms with Gasteiger partial charge in [-0.15, -0.1) is 0 Å². The molecule has 2 rings (SSSR count). The molecule has 0 aromatic carbocycles. The second kappa shape index (κ2) is 6.19. The minimum Gasteiger partial charge on any atom is -0.338 e. The van der Waals surface area contributed by atoms with Crippen LogP contribution in [0.1, 0.15) is 50.6 Å². The lowest BCUT2D eigenvalue weighted by Gasteiger charge is -2.35. The molecule has 1 atom stereocenters. The predicted octanol–water partition coefficient (Wildman–Crippen LogP) is 1.60. The third kappa shape index (κ3) is 3.15. The van der Waals surface area contributed by atoms with Gasteiger partial charge in [0.15, 0.2) is 0 Å². The molecule has 0 saturated heterocycles. The van der Waals surface area contributed by atoms with Crippen molar-refractivity contribution < 1.29 is 4.79 Å². The standard InChI is InChI=1S/C14H24N4O/c1-3-18(12-7-5-4-6-8-12)14(19)13(15)11-9-16-17(2)10-11/h9-10,12-13H,3-8,15H2,1-2H3. The SMILES string of the molecule is CCN(C(=O)C(N)c1cnn(C)c1)C1CCCCC1. The molecule has 1 fully saturated rings. The van der Waals surface area contributed by atoms with Gasteiger partial charge in [0.1, 0.15) is 6.04 Å². The number of aryl methyl sites for hydroxylation is 1. The minimum atomic E-state index is -0.587. The molecular formula is C14H24N4O. The number of hydrogen-bond acceptors (Lipinski definition) is 3. The predicted molar refractivity (Wildman–Crippen MR) is 74.4 cm³/mol. The molecule has 1 saturated carbocycles. The maximum atomic E-state index is 12.5. The molecule has 1 amide bonds. The molecule has 1 aromatic heterocycles. The number of hydrogen-bond donors (Lipinski definition) is 1. The number of likely N-dealkylation sites (N-methyl/N-ethyl adjacent to an activating group) is 1. The van der Waals surface area contributed by atoms with Crippen molar-refractivity contribution in [3.63, 3.8) is 0 Å². The summed E-state index contributed by atoms with van der Waals surface area (Å²) in [5.74, 6) is 0.0300. The van der Waals surface area contributed by atoms with E-state index in [2.05, 4.69) is 5.10 Å². The van der Waals surface area contributed by atoms with Crippen molar-refractivity contribution in [2.24, 2.45) is 12.8 Å². The van der Waals surface area contributed by atoms with Crippen LogP contribution < -0.4 is 5.73 Å². The molecule has 1 aromatic rings. The van der Waals surface area contributed by atoms with Crippen LogP contribution in [-0.4, -0.2) is 33.2 Å². The van der Waals surface area contributed by atoms with E-state index in [9.17, 15) is 4.79 Å². The summed E-state index contributed by atoms with van der Waals surface area (Å²) < 4.78 is 1.68. The van der Waals surface area contributed by atoms with E-state index < -0.39 is 6.04 Å². The first-order valence-corrected chi connectivity index (χ1v) is 7.18. The van der Waals surface area contributed by atoms with Crippen molar-refractivity contribution in [2.75, 3.05) is 6.54 Å².